The molecule has 0 aromatic heterocycles. The van der Waals surface area contributed by atoms with Crippen LogP contribution in [0.25, 0.3) is 0 Å². The lowest BCUT2D eigenvalue weighted by Crippen LogP contribution is -2.27. The van der Waals surface area contributed by atoms with E-state index in [0.717, 1.165) is 12.2 Å². The number of benzene rings is 1. The van der Waals surface area contributed by atoms with Crippen LogP contribution in [0.15, 0.2) is 29.3 Å². The number of hydrogen-bond donors (Lipinski definition) is 3. The summed E-state index contributed by atoms with van der Waals surface area (Å²) in [6.07, 6.45) is 0.288. The monoisotopic (exact) mass is 237 g/mol. The van der Waals surface area contributed by atoms with Crippen molar-refractivity contribution in [2.45, 2.75) is 19.4 Å². The van der Waals surface area contributed by atoms with Gasteiger partial charge >= 0.3 is 0 Å². The van der Waals surface area contributed by atoms with Crippen LogP contribution in [0.5, 0.6) is 5.75 Å². The van der Waals surface area contributed by atoms with E-state index >= 15 is 0 Å². The Labute approximate surface area is 101 Å². The van der Waals surface area contributed by atoms with E-state index in [4.69, 9.17) is 16.2 Å². The molecule has 0 aliphatic heterocycles. The summed E-state index contributed by atoms with van der Waals surface area (Å²) in [5.41, 5.74) is 11.6. The van der Waals surface area contributed by atoms with Crippen molar-refractivity contribution < 1.29 is 9.84 Å². The molecule has 1 aromatic rings. The van der Waals surface area contributed by atoms with Crippen molar-refractivity contribution in [1.29, 1.82) is 0 Å². The fourth-order valence-corrected chi connectivity index (χ4v) is 1.28. The molecule has 1 rings (SSSR count). The van der Waals surface area contributed by atoms with Gasteiger partial charge in [0.15, 0.2) is 5.96 Å². The number of hydrogen-bond acceptors (Lipinski definition) is 3. The number of aryl methyl sites for hydroxylation is 1. The van der Waals surface area contributed by atoms with Crippen LogP contribution >= 0.6 is 0 Å². The first-order valence-electron chi connectivity index (χ1n) is 5.57. The quantitative estimate of drug-likeness (QED) is 0.488. The fraction of sp³-hybridized carbons (Fsp3) is 0.417. The summed E-state index contributed by atoms with van der Waals surface area (Å²) in [6.45, 7) is 2.41. The van der Waals surface area contributed by atoms with E-state index in [1.807, 2.05) is 24.3 Å². The lowest BCUT2D eigenvalue weighted by Gasteiger charge is -2.10. The Morgan fingerprint density at radius 1 is 1.35 bits per heavy atom. The fourth-order valence-electron chi connectivity index (χ4n) is 1.28. The smallest absolute Gasteiger partial charge is 0.186 e. The Morgan fingerprint density at radius 3 is 2.53 bits per heavy atom. The van der Waals surface area contributed by atoms with Crippen LogP contribution in [0.3, 0.4) is 0 Å². The Bertz CT molecular complexity index is 359. The molecule has 0 saturated carbocycles. The number of ether oxygens (including phenoxy) is 1. The molecule has 0 aliphatic carbocycles. The van der Waals surface area contributed by atoms with Gasteiger partial charge in [-0.2, -0.15) is 0 Å². The Kier molecular flexibility index (Phi) is 5.29. The topological polar surface area (TPSA) is 93.9 Å². The molecule has 94 valence electrons. The second-order valence-electron chi connectivity index (χ2n) is 3.73. The Balaban J connectivity index is 2.36. The molecule has 0 saturated heterocycles. The molecular weight excluding hydrogens is 218 g/mol. The van der Waals surface area contributed by atoms with Gasteiger partial charge < -0.3 is 21.3 Å². The van der Waals surface area contributed by atoms with Crippen molar-refractivity contribution in [3.8, 4) is 5.75 Å². The maximum Gasteiger partial charge on any atom is 0.186 e. The van der Waals surface area contributed by atoms with Crippen LogP contribution < -0.4 is 16.2 Å². The number of rotatable bonds is 6. The van der Waals surface area contributed by atoms with E-state index in [1.165, 1.54) is 5.56 Å². The molecule has 0 fully saturated rings. The SMILES string of the molecule is CCc1ccc(OC[C@H](O)CN=C(N)N)cc1. The van der Waals surface area contributed by atoms with E-state index in [0.29, 0.717) is 0 Å². The molecule has 0 spiro atoms. The van der Waals surface area contributed by atoms with Crippen molar-refractivity contribution in [2.24, 2.45) is 16.5 Å². The van der Waals surface area contributed by atoms with Crippen LogP contribution in [0.1, 0.15) is 12.5 Å². The molecule has 17 heavy (non-hydrogen) atoms. The van der Waals surface area contributed by atoms with Crippen molar-refractivity contribution in [1.82, 2.24) is 0 Å². The van der Waals surface area contributed by atoms with Gasteiger partial charge in [-0.25, -0.2) is 0 Å². The molecule has 0 unspecified atom stereocenters. The molecule has 1 aromatic carbocycles. The summed E-state index contributed by atoms with van der Waals surface area (Å²) in [6, 6.07) is 7.76. The van der Waals surface area contributed by atoms with Crippen molar-refractivity contribution in [3.63, 3.8) is 0 Å². The first kappa shape index (κ1) is 13.3. The summed E-state index contributed by atoms with van der Waals surface area (Å²) in [7, 11) is 0. The molecule has 0 bridgehead atoms. The highest BCUT2D eigenvalue weighted by atomic mass is 16.5. The summed E-state index contributed by atoms with van der Waals surface area (Å²) in [5, 5.41) is 9.52. The minimum atomic E-state index is -0.706. The average Bonchev–Trinajstić information content (AvgIpc) is 2.34. The van der Waals surface area contributed by atoms with Crippen LogP contribution in [-0.4, -0.2) is 30.3 Å². The van der Waals surface area contributed by atoms with Gasteiger partial charge in [0.25, 0.3) is 0 Å². The third-order valence-corrected chi connectivity index (χ3v) is 2.26. The molecule has 0 radical (unpaired) electrons. The lowest BCUT2D eigenvalue weighted by atomic mass is 10.2. The third-order valence-electron chi connectivity index (χ3n) is 2.26. The highest BCUT2D eigenvalue weighted by Crippen LogP contribution is 2.12. The van der Waals surface area contributed by atoms with Gasteiger partial charge in [0.05, 0.1) is 6.54 Å². The number of aliphatic imine (C=N–C) groups is 1. The minimum absolute atomic E-state index is 0.0312. The maximum absolute atomic E-state index is 9.52. The zero-order valence-electron chi connectivity index (χ0n) is 9.97. The predicted octanol–water partition coefficient (Wildman–Crippen LogP) is 0.262. The largest absolute Gasteiger partial charge is 0.491 e. The van der Waals surface area contributed by atoms with E-state index in [9.17, 15) is 5.11 Å². The van der Waals surface area contributed by atoms with Gasteiger partial charge in [-0.1, -0.05) is 19.1 Å². The summed E-state index contributed by atoms with van der Waals surface area (Å²) < 4.78 is 5.40. The first-order valence-corrected chi connectivity index (χ1v) is 5.57. The zero-order chi connectivity index (χ0) is 12.7. The normalized spacial score (nSPS) is 11.9. The van der Waals surface area contributed by atoms with Gasteiger partial charge in [-0.3, -0.25) is 4.99 Å². The van der Waals surface area contributed by atoms with Gasteiger partial charge in [-0.15, -0.1) is 0 Å². The van der Waals surface area contributed by atoms with Gasteiger partial charge in [0.1, 0.15) is 18.5 Å². The summed E-state index contributed by atoms with van der Waals surface area (Å²) in [4.78, 5) is 3.71. The molecule has 5 heteroatoms. The maximum atomic E-state index is 9.52. The Hall–Kier alpha value is -1.75. The molecule has 0 aliphatic rings. The third kappa shape index (κ3) is 5.21. The van der Waals surface area contributed by atoms with Gasteiger partial charge in [-0.05, 0) is 24.1 Å². The standard InChI is InChI=1S/C12H19N3O2/c1-2-9-3-5-11(6-4-9)17-8-10(16)7-15-12(13)14/h3-6,10,16H,2,7-8H2,1H3,(H4,13,14,15)/t10-/m1/s1. The first-order chi connectivity index (χ1) is 8.11. The van der Waals surface area contributed by atoms with Gasteiger partial charge in [0, 0.05) is 0 Å². The molecule has 0 amide bonds. The van der Waals surface area contributed by atoms with E-state index < -0.39 is 6.10 Å². The van der Waals surface area contributed by atoms with E-state index in [-0.39, 0.29) is 19.1 Å². The van der Waals surface area contributed by atoms with E-state index in [2.05, 4.69) is 11.9 Å². The second kappa shape index (κ2) is 6.75. The molecular formula is C12H19N3O2. The van der Waals surface area contributed by atoms with Crippen molar-refractivity contribution in [3.05, 3.63) is 29.8 Å². The zero-order valence-corrected chi connectivity index (χ0v) is 9.97. The number of aliphatic hydroxyl groups is 1. The molecule has 0 heterocycles. The highest BCUT2D eigenvalue weighted by Gasteiger charge is 2.04. The predicted molar refractivity (Wildman–Crippen MR) is 68.0 cm³/mol. The number of nitrogens with zero attached hydrogens (tertiary/aromatic N) is 1. The molecule has 5 nitrogen and oxygen atoms in total. The van der Waals surface area contributed by atoms with E-state index in [1.54, 1.807) is 0 Å². The lowest BCUT2D eigenvalue weighted by molar-refractivity contribution is 0.114. The highest BCUT2D eigenvalue weighted by molar-refractivity contribution is 5.75. The average molecular weight is 237 g/mol. The Morgan fingerprint density at radius 2 is 2.00 bits per heavy atom. The summed E-state index contributed by atoms with van der Waals surface area (Å²) in [5.74, 6) is 0.697. The second-order valence-corrected chi connectivity index (χ2v) is 3.73. The van der Waals surface area contributed by atoms with Crippen LogP contribution in [0, 0.1) is 0 Å². The molecule has 5 N–H and O–H groups in total. The van der Waals surface area contributed by atoms with Crippen molar-refractivity contribution >= 4 is 5.96 Å². The number of aliphatic hydroxyl groups excluding tert-OH is 1. The number of guanidine groups is 1. The van der Waals surface area contributed by atoms with Crippen LogP contribution in [0.2, 0.25) is 0 Å². The molecule has 1 atom stereocenters. The summed E-state index contributed by atoms with van der Waals surface area (Å²) >= 11 is 0. The van der Waals surface area contributed by atoms with Crippen molar-refractivity contribution in [2.75, 3.05) is 13.2 Å². The number of nitrogens with two attached hydrogens (primary N) is 2. The van der Waals surface area contributed by atoms with Gasteiger partial charge in [0.2, 0.25) is 0 Å². The van der Waals surface area contributed by atoms with Crippen LogP contribution in [0.4, 0.5) is 0 Å². The van der Waals surface area contributed by atoms with Crippen LogP contribution in [-0.2, 0) is 6.42 Å². The minimum Gasteiger partial charge on any atom is -0.491 e.